The molecule has 0 radical (unpaired) electrons. The Kier molecular flexibility index (Phi) is 4.66. The van der Waals surface area contributed by atoms with Gasteiger partial charge in [-0.3, -0.25) is 0 Å². The number of benzene rings is 2. The maximum atomic E-state index is 12.6. The molecule has 7 heteroatoms. The first-order chi connectivity index (χ1) is 11.6. The zero-order chi connectivity index (χ0) is 17.1. The molecule has 0 amide bonds. The van der Waals surface area contributed by atoms with E-state index in [9.17, 15) is 8.78 Å². The van der Waals surface area contributed by atoms with Crippen LogP contribution in [0.3, 0.4) is 0 Å². The second kappa shape index (κ2) is 6.88. The van der Waals surface area contributed by atoms with Gasteiger partial charge in [0.2, 0.25) is 5.89 Å². The molecular weight excluding hydrogens is 340 g/mol. The maximum Gasteiger partial charge on any atom is 0.387 e. The molecule has 0 N–H and O–H groups in total. The molecule has 0 saturated heterocycles. The van der Waals surface area contributed by atoms with Crippen LogP contribution in [0.2, 0.25) is 5.02 Å². The molecule has 0 aliphatic rings. The smallest absolute Gasteiger partial charge is 0.387 e. The van der Waals surface area contributed by atoms with E-state index in [4.69, 9.17) is 20.8 Å². The van der Waals surface area contributed by atoms with Crippen molar-refractivity contribution in [2.24, 2.45) is 0 Å². The van der Waals surface area contributed by atoms with Crippen molar-refractivity contribution in [3.05, 3.63) is 52.9 Å². The average molecular weight is 352 g/mol. The summed E-state index contributed by atoms with van der Waals surface area (Å²) in [6.07, 6.45) is 3.12. The van der Waals surface area contributed by atoms with Gasteiger partial charge in [0, 0.05) is 16.7 Å². The van der Waals surface area contributed by atoms with E-state index < -0.39 is 6.61 Å². The second-order valence-electron chi connectivity index (χ2n) is 4.75. The van der Waals surface area contributed by atoms with Gasteiger partial charge >= 0.3 is 6.61 Å². The molecule has 4 nitrogen and oxygen atoms in total. The van der Waals surface area contributed by atoms with E-state index in [1.807, 2.05) is 0 Å². The summed E-state index contributed by atoms with van der Waals surface area (Å²) in [5.74, 6) is 0.477. The van der Waals surface area contributed by atoms with Crippen molar-refractivity contribution in [1.29, 1.82) is 0 Å². The highest BCUT2D eigenvalue weighted by molar-refractivity contribution is 6.31. The third kappa shape index (κ3) is 3.49. The fourth-order valence-corrected chi connectivity index (χ4v) is 2.36. The fourth-order valence-electron chi connectivity index (χ4n) is 2.19. The molecule has 0 bridgehead atoms. The van der Waals surface area contributed by atoms with Crippen molar-refractivity contribution in [2.75, 3.05) is 7.11 Å². The van der Waals surface area contributed by atoms with Crippen LogP contribution in [-0.2, 0) is 0 Å². The lowest BCUT2D eigenvalue weighted by atomic mass is 10.1. The highest BCUT2D eigenvalue weighted by Crippen LogP contribution is 2.33. The highest BCUT2D eigenvalue weighted by atomic mass is 35.5. The maximum absolute atomic E-state index is 12.6. The lowest BCUT2D eigenvalue weighted by molar-refractivity contribution is -0.0513. The Bertz CT molecular complexity index is 893. The Balaban J connectivity index is 1.95. The van der Waals surface area contributed by atoms with Crippen LogP contribution in [0.5, 0.6) is 11.5 Å². The molecule has 0 aliphatic heterocycles. The lowest BCUT2D eigenvalue weighted by Crippen LogP contribution is -2.04. The van der Waals surface area contributed by atoms with E-state index in [-0.39, 0.29) is 11.5 Å². The van der Waals surface area contributed by atoms with Crippen molar-refractivity contribution in [2.45, 2.75) is 6.61 Å². The van der Waals surface area contributed by atoms with Gasteiger partial charge in [-0.15, -0.1) is 0 Å². The van der Waals surface area contributed by atoms with E-state index in [1.54, 1.807) is 42.5 Å². The number of hydrogen-bond donors (Lipinski definition) is 0. The summed E-state index contributed by atoms with van der Waals surface area (Å²) >= 11 is 5.90. The fraction of sp³-hybridized carbons (Fsp3) is 0.118. The van der Waals surface area contributed by atoms with Crippen LogP contribution < -0.4 is 9.47 Å². The normalized spacial score (nSPS) is 11.5. The minimum Gasteiger partial charge on any atom is -0.493 e. The first kappa shape index (κ1) is 16.3. The molecule has 0 aliphatic carbocycles. The van der Waals surface area contributed by atoms with Crippen LogP contribution in [0.15, 0.2) is 40.8 Å². The summed E-state index contributed by atoms with van der Waals surface area (Å²) in [5.41, 5.74) is 1.60. The number of halogens is 3. The van der Waals surface area contributed by atoms with Gasteiger partial charge < -0.3 is 13.9 Å². The van der Waals surface area contributed by atoms with Crippen molar-refractivity contribution in [1.82, 2.24) is 4.98 Å². The molecule has 3 rings (SSSR count). The molecule has 0 fully saturated rings. The standard InChI is InChI=1S/C17H12ClF2NO3/c1-22-14-4-2-3-10(16(14)24-17(19)20)5-8-15-21-12-9-11(18)6-7-13(12)23-15/h2-9,17H,1H3/b8-5+. The number of oxazole rings is 1. The minimum atomic E-state index is -2.96. The van der Waals surface area contributed by atoms with Gasteiger partial charge in [-0.1, -0.05) is 23.7 Å². The summed E-state index contributed by atoms with van der Waals surface area (Å²) in [4.78, 5) is 4.26. The molecule has 1 heterocycles. The molecule has 124 valence electrons. The van der Waals surface area contributed by atoms with Crippen LogP contribution in [0.1, 0.15) is 11.5 Å². The van der Waals surface area contributed by atoms with Crippen molar-refractivity contribution in [3.63, 3.8) is 0 Å². The molecule has 0 spiro atoms. The van der Waals surface area contributed by atoms with Gasteiger partial charge in [0.05, 0.1) is 7.11 Å². The van der Waals surface area contributed by atoms with Gasteiger partial charge in [-0.05, 0) is 30.3 Å². The van der Waals surface area contributed by atoms with Crippen LogP contribution in [0.25, 0.3) is 23.3 Å². The number of para-hydroxylation sites is 1. The predicted octanol–water partition coefficient (Wildman–Crippen LogP) is 5.26. The summed E-state index contributed by atoms with van der Waals surface area (Å²) in [7, 11) is 1.38. The lowest BCUT2D eigenvalue weighted by Gasteiger charge is -2.12. The number of rotatable bonds is 5. The third-order valence-corrected chi connectivity index (χ3v) is 3.44. The van der Waals surface area contributed by atoms with E-state index >= 15 is 0 Å². The van der Waals surface area contributed by atoms with E-state index in [0.717, 1.165) is 0 Å². The molecular formula is C17H12ClF2NO3. The number of fused-ring (bicyclic) bond motifs is 1. The van der Waals surface area contributed by atoms with Crippen LogP contribution >= 0.6 is 11.6 Å². The van der Waals surface area contributed by atoms with Gasteiger partial charge in [-0.2, -0.15) is 8.78 Å². The molecule has 1 aromatic heterocycles. The first-order valence-electron chi connectivity index (χ1n) is 6.93. The van der Waals surface area contributed by atoms with Gasteiger partial charge in [0.15, 0.2) is 17.1 Å². The summed E-state index contributed by atoms with van der Waals surface area (Å²) < 4.78 is 40.4. The quantitative estimate of drug-likeness (QED) is 0.628. The zero-order valence-corrected chi connectivity index (χ0v) is 13.3. The van der Waals surface area contributed by atoms with Gasteiger partial charge in [-0.25, -0.2) is 4.98 Å². The Hall–Kier alpha value is -2.60. The topological polar surface area (TPSA) is 44.5 Å². The van der Waals surface area contributed by atoms with Crippen LogP contribution in [0, 0.1) is 0 Å². The molecule has 24 heavy (non-hydrogen) atoms. The van der Waals surface area contributed by atoms with Gasteiger partial charge in [0.25, 0.3) is 0 Å². The van der Waals surface area contributed by atoms with Crippen molar-refractivity contribution in [3.8, 4) is 11.5 Å². The van der Waals surface area contributed by atoms with Gasteiger partial charge in [0.1, 0.15) is 5.52 Å². The molecule has 0 unspecified atom stereocenters. The zero-order valence-electron chi connectivity index (χ0n) is 12.5. The first-order valence-corrected chi connectivity index (χ1v) is 7.30. The Labute approximate surface area is 141 Å². The van der Waals surface area contributed by atoms with Crippen molar-refractivity contribution >= 4 is 34.9 Å². The van der Waals surface area contributed by atoms with Crippen molar-refractivity contribution < 1.29 is 22.7 Å². The summed E-state index contributed by atoms with van der Waals surface area (Å²) in [5, 5.41) is 0.548. The largest absolute Gasteiger partial charge is 0.493 e. The summed E-state index contributed by atoms with van der Waals surface area (Å²) in [6, 6.07) is 9.90. The van der Waals surface area contributed by atoms with E-state index in [2.05, 4.69) is 9.72 Å². The SMILES string of the molecule is COc1cccc(/C=C/c2nc3cc(Cl)ccc3o2)c1OC(F)F. The van der Waals surface area contributed by atoms with E-state index in [0.29, 0.717) is 27.6 Å². The Morgan fingerprint density at radius 1 is 1.21 bits per heavy atom. The molecule has 2 aromatic carbocycles. The second-order valence-corrected chi connectivity index (χ2v) is 5.19. The molecule has 0 saturated carbocycles. The number of methoxy groups -OCH3 is 1. The summed E-state index contributed by atoms with van der Waals surface area (Å²) in [6.45, 7) is -2.96. The average Bonchev–Trinajstić information content (AvgIpc) is 2.95. The van der Waals surface area contributed by atoms with Crippen LogP contribution in [-0.4, -0.2) is 18.7 Å². The monoisotopic (exact) mass is 351 g/mol. The Morgan fingerprint density at radius 3 is 2.79 bits per heavy atom. The Morgan fingerprint density at radius 2 is 2.04 bits per heavy atom. The van der Waals surface area contributed by atoms with E-state index in [1.165, 1.54) is 13.2 Å². The number of nitrogens with zero attached hydrogens (tertiary/aromatic N) is 1. The molecule has 0 atom stereocenters. The molecule has 3 aromatic rings. The highest BCUT2D eigenvalue weighted by Gasteiger charge is 2.14. The minimum absolute atomic E-state index is 0.0506. The number of aromatic nitrogens is 1. The third-order valence-electron chi connectivity index (χ3n) is 3.21. The number of ether oxygens (including phenoxy) is 2. The van der Waals surface area contributed by atoms with Crippen LogP contribution in [0.4, 0.5) is 8.78 Å². The predicted molar refractivity (Wildman–Crippen MR) is 87.6 cm³/mol. The number of alkyl halides is 2. The number of hydrogen-bond acceptors (Lipinski definition) is 4.